The third-order valence-corrected chi connectivity index (χ3v) is 8.60. The van der Waals surface area contributed by atoms with Gasteiger partial charge in [-0.2, -0.15) is 0 Å². The van der Waals surface area contributed by atoms with E-state index in [2.05, 4.69) is 156 Å². The molecule has 0 amide bonds. The summed E-state index contributed by atoms with van der Waals surface area (Å²) in [5.74, 6) is 0. The molecule has 0 aliphatic carbocycles. The first-order valence-corrected chi connectivity index (χ1v) is 14.9. The van der Waals surface area contributed by atoms with E-state index in [0.717, 1.165) is 72.3 Å². The fourth-order valence-corrected chi connectivity index (χ4v) is 6.63. The average Bonchev–Trinajstić information content (AvgIpc) is 3.65. The quantitative estimate of drug-likeness (QED) is 0.214. The lowest BCUT2D eigenvalue weighted by atomic mass is 9.97. The maximum absolute atomic E-state index is 6.75. The van der Waals surface area contributed by atoms with Gasteiger partial charge in [-0.1, -0.05) is 121 Å². The molecule has 0 aliphatic heterocycles. The van der Waals surface area contributed by atoms with Gasteiger partial charge in [0.15, 0.2) is 5.58 Å². The number of pyridine rings is 1. The third kappa shape index (κ3) is 3.80. The predicted octanol–water partition coefficient (Wildman–Crippen LogP) is 11.1. The third-order valence-electron chi connectivity index (χ3n) is 8.60. The van der Waals surface area contributed by atoms with Crippen LogP contribution in [0.25, 0.3) is 83.1 Å². The summed E-state index contributed by atoms with van der Waals surface area (Å²) >= 11 is 0. The van der Waals surface area contributed by atoms with Gasteiger partial charge in [-0.3, -0.25) is 0 Å². The molecule has 3 heterocycles. The summed E-state index contributed by atoms with van der Waals surface area (Å²) in [4.78, 5) is 5.24. The van der Waals surface area contributed by atoms with E-state index in [9.17, 15) is 0 Å². The molecule has 3 aromatic heterocycles. The van der Waals surface area contributed by atoms with Gasteiger partial charge in [0.2, 0.25) is 0 Å². The van der Waals surface area contributed by atoms with Crippen LogP contribution in [0.2, 0.25) is 0 Å². The molecule has 0 spiro atoms. The second kappa shape index (κ2) is 9.82. The molecule has 0 saturated heterocycles. The zero-order valence-electron chi connectivity index (χ0n) is 23.8. The van der Waals surface area contributed by atoms with Gasteiger partial charge < -0.3 is 8.98 Å². The van der Waals surface area contributed by atoms with Crippen molar-refractivity contribution in [3.05, 3.63) is 158 Å². The van der Waals surface area contributed by atoms with Gasteiger partial charge in [0, 0.05) is 32.7 Å². The molecule has 9 aromatic rings. The molecular weight excluding hydrogens is 536 g/mol. The summed E-state index contributed by atoms with van der Waals surface area (Å²) in [5.41, 5.74) is 11.3. The minimum Gasteiger partial charge on any atom is -0.454 e. The molecule has 3 nitrogen and oxygen atoms in total. The van der Waals surface area contributed by atoms with Crippen LogP contribution in [0.3, 0.4) is 0 Å². The molecule has 0 bridgehead atoms. The van der Waals surface area contributed by atoms with Crippen LogP contribution in [-0.4, -0.2) is 9.55 Å². The highest BCUT2D eigenvalue weighted by atomic mass is 16.3. The van der Waals surface area contributed by atoms with Crippen LogP contribution in [-0.2, 0) is 0 Å². The lowest BCUT2D eigenvalue weighted by Crippen LogP contribution is -1.94. The molecule has 0 saturated carbocycles. The lowest BCUT2D eigenvalue weighted by Gasteiger charge is -2.11. The number of benzene rings is 6. The zero-order valence-corrected chi connectivity index (χ0v) is 23.8. The van der Waals surface area contributed by atoms with Crippen LogP contribution in [0.4, 0.5) is 0 Å². The zero-order chi connectivity index (χ0) is 29.0. The molecular formula is C41H26N2O. The van der Waals surface area contributed by atoms with Crippen LogP contribution in [0, 0.1) is 0 Å². The molecule has 0 atom stereocenters. The molecule has 206 valence electrons. The summed E-state index contributed by atoms with van der Waals surface area (Å²) in [5, 5.41) is 4.60. The van der Waals surface area contributed by atoms with Gasteiger partial charge in [-0.05, 0) is 47.5 Å². The smallest absolute Gasteiger partial charge is 0.159 e. The maximum atomic E-state index is 6.75. The topological polar surface area (TPSA) is 31.0 Å². The number of rotatable bonds is 4. The van der Waals surface area contributed by atoms with Crippen molar-refractivity contribution in [1.29, 1.82) is 0 Å². The summed E-state index contributed by atoms with van der Waals surface area (Å²) in [6.45, 7) is 0. The number of aromatic nitrogens is 2. The van der Waals surface area contributed by atoms with Crippen molar-refractivity contribution in [1.82, 2.24) is 9.55 Å². The van der Waals surface area contributed by atoms with E-state index in [4.69, 9.17) is 9.40 Å². The molecule has 0 aliphatic rings. The Morgan fingerprint density at radius 3 is 1.77 bits per heavy atom. The highest BCUT2D eigenvalue weighted by molar-refractivity contribution is 6.16. The lowest BCUT2D eigenvalue weighted by molar-refractivity contribution is 0.666. The van der Waals surface area contributed by atoms with E-state index in [-0.39, 0.29) is 0 Å². The fourth-order valence-electron chi connectivity index (χ4n) is 6.63. The van der Waals surface area contributed by atoms with E-state index in [1.54, 1.807) is 0 Å². The van der Waals surface area contributed by atoms with Gasteiger partial charge in [0.05, 0.1) is 28.1 Å². The first-order valence-electron chi connectivity index (χ1n) is 14.9. The molecule has 0 fully saturated rings. The van der Waals surface area contributed by atoms with E-state index in [1.807, 2.05) is 6.07 Å². The molecule has 9 rings (SSSR count). The van der Waals surface area contributed by atoms with Gasteiger partial charge in [0.25, 0.3) is 0 Å². The number of hydrogen-bond donors (Lipinski definition) is 0. The van der Waals surface area contributed by atoms with Crippen LogP contribution in [0.1, 0.15) is 0 Å². The SMILES string of the molecule is c1ccc(-c2cc(-c3ccccc3)nc(-c3cccc4oc5c(-n6c7ccccc7c7ccccc76)cccc5c34)c2)cc1. The number of para-hydroxylation sites is 3. The molecule has 44 heavy (non-hydrogen) atoms. The van der Waals surface area contributed by atoms with Gasteiger partial charge in [0.1, 0.15) is 5.58 Å². The van der Waals surface area contributed by atoms with Gasteiger partial charge in [-0.15, -0.1) is 0 Å². The van der Waals surface area contributed by atoms with E-state index in [0.29, 0.717) is 0 Å². The van der Waals surface area contributed by atoms with E-state index < -0.39 is 0 Å². The summed E-state index contributed by atoms with van der Waals surface area (Å²) in [7, 11) is 0. The van der Waals surface area contributed by atoms with Crippen LogP contribution in [0.5, 0.6) is 0 Å². The number of furan rings is 1. The Bertz CT molecular complexity index is 2380. The average molecular weight is 563 g/mol. The Morgan fingerprint density at radius 2 is 1.05 bits per heavy atom. The van der Waals surface area contributed by atoms with Gasteiger partial charge in [-0.25, -0.2) is 4.98 Å². The van der Waals surface area contributed by atoms with Crippen molar-refractivity contribution in [2.24, 2.45) is 0 Å². The van der Waals surface area contributed by atoms with Crippen molar-refractivity contribution in [2.45, 2.75) is 0 Å². The standard InChI is InChI=1S/C41H26N2O/c1-3-13-27(14-4-1)29-25-34(28-15-5-2-6-16-28)42-35(26-29)32-19-12-24-39-40(32)33-20-11-23-38(41(33)44-39)43-36-21-9-7-17-30(36)31-18-8-10-22-37(31)43/h1-26H. The Labute approximate surface area is 254 Å². The Hall–Kier alpha value is -5.93. The monoisotopic (exact) mass is 562 g/mol. The molecule has 6 aromatic carbocycles. The van der Waals surface area contributed by atoms with Crippen molar-refractivity contribution >= 4 is 43.7 Å². The highest BCUT2D eigenvalue weighted by Crippen LogP contribution is 2.42. The van der Waals surface area contributed by atoms with E-state index >= 15 is 0 Å². The maximum Gasteiger partial charge on any atom is 0.159 e. The van der Waals surface area contributed by atoms with Crippen molar-refractivity contribution < 1.29 is 4.42 Å². The number of nitrogens with zero attached hydrogens (tertiary/aromatic N) is 2. The van der Waals surface area contributed by atoms with Gasteiger partial charge >= 0.3 is 0 Å². The van der Waals surface area contributed by atoms with Crippen LogP contribution < -0.4 is 0 Å². The second-order valence-corrected chi connectivity index (χ2v) is 11.2. The molecule has 0 radical (unpaired) electrons. The first kappa shape index (κ1) is 24.6. The normalized spacial score (nSPS) is 11.6. The van der Waals surface area contributed by atoms with Crippen molar-refractivity contribution in [2.75, 3.05) is 0 Å². The number of fused-ring (bicyclic) bond motifs is 6. The Morgan fingerprint density at radius 1 is 0.455 bits per heavy atom. The molecule has 3 heteroatoms. The summed E-state index contributed by atoms with van der Waals surface area (Å²) in [6, 6.07) is 55.2. The fraction of sp³-hybridized carbons (Fsp3) is 0. The predicted molar refractivity (Wildman–Crippen MR) is 182 cm³/mol. The van der Waals surface area contributed by atoms with Crippen molar-refractivity contribution in [3.8, 4) is 39.3 Å². The Kier molecular flexibility index (Phi) is 5.50. The minimum atomic E-state index is 0.846. The second-order valence-electron chi connectivity index (χ2n) is 11.2. The molecule has 0 unspecified atom stereocenters. The Balaban J connectivity index is 1.32. The summed E-state index contributed by atoms with van der Waals surface area (Å²) in [6.07, 6.45) is 0. The van der Waals surface area contributed by atoms with Crippen LogP contribution in [0.15, 0.2) is 162 Å². The highest BCUT2D eigenvalue weighted by Gasteiger charge is 2.20. The largest absolute Gasteiger partial charge is 0.454 e. The van der Waals surface area contributed by atoms with E-state index in [1.165, 1.54) is 10.8 Å². The molecule has 0 N–H and O–H groups in total. The first-order chi connectivity index (χ1) is 21.8. The van der Waals surface area contributed by atoms with Crippen LogP contribution >= 0.6 is 0 Å². The minimum absolute atomic E-state index is 0.846. The summed E-state index contributed by atoms with van der Waals surface area (Å²) < 4.78 is 9.08. The number of hydrogen-bond acceptors (Lipinski definition) is 2. The van der Waals surface area contributed by atoms with Crippen molar-refractivity contribution in [3.63, 3.8) is 0 Å².